The van der Waals surface area contributed by atoms with Gasteiger partial charge in [0.2, 0.25) is 5.91 Å². The summed E-state index contributed by atoms with van der Waals surface area (Å²) in [5.41, 5.74) is 0.957. The zero-order valence-corrected chi connectivity index (χ0v) is 15.1. The third-order valence-corrected chi connectivity index (χ3v) is 4.43. The van der Waals surface area contributed by atoms with Crippen molar-refractivity contribution in [1.82, 2.24) is 15.1 Å². The molecule has 1 aliphatic rings. The number of amides is 3. The van der Waals surface area contributed by atoms with Crippen molar-refractivity contribution < 1.29 is 14.0 Å². The first-order chi connectivity index (χ1) is 11.9. The van der Waals surface area contributed by atoms with Gasteiger partial charge in [-0.25, -0.2) is 9.18 Å². The molecule has 138 valence electrons. The summed E-state index contributed by atoms with van der Waals surface area (Å²) in [6, 6.07) is 4.39. The number of likely N-dealkylation sites (tertiary alicyclic amines) is 1. The van der Waals surface area contributed by atoms with Gasteiger partial charge in [-0.3, -0.25) is 4.79 Å². The van der Waals surface area contributed by atoms with Crippen LogP contribution in [0.5, 0.6) is 0 Å². The van der Waals surface area contributed by atoms with Crippen LogP contribution in [0.4, 0.5) is 14.9 Å². The molecule has 0 aromatic heterocycles. The van der Waals surface area contributed by atoms with Crippen LogP contribution in [0.25, 0.3) is 0 Å². The van der Waals surface area contributed by atoms with E-state index in [9.17, 15) is 14.0 Å². The second kappa shape index (κ2) is 8.80. The Morgan fingerprint density at radius 1 is 1.40 bits per heavy atom. The SMILES string of the molecule is Cc1ccc(NC(=O)NCCC2CCC(=O)N2CCN(C)C)cc1F. The van der Waals surface area contributed by atoms with E-state index in [4.69, 9.17) is 0 Å². The van der Waals surface area contributed by atoms with Crippen LogP contribution < -0.4 is 10.6 Å². The number of halogens is 1. The predicted octanol–water partition coefficient (Wildman–Crippen LogP) is 2.20. The van der Waals surface area contributed by atoms with Gasteiger partial charge in [0, 0.05) is 37.8 Å². The lowest BCUT2D eigenvalue weighted by Crippen LogP contribution is -2.40. The van der Waals surface area contributed by atoms with E-state index < -0.39 is 0 Å². The number of carbonyl (C=O) groups is 2. The Kier molecular flexibility index (Phi) is 6.75. The van der Waals surface area contributed by atoms with Crippen LogP contribution in [0, 0.1) is 12.7 Å². The number of likely N-dealkylation sites (N-methyl/N-ethyl adjacent to an activating group) is 1. The van der Waals surface area contributed by atoms with Crippen molar-refractivity contribution in [2.75, 3.05) is 39.0 Å². The summed E-state index contributed by atoms with van der Waals surface area (Å²) in [6.07, 6.45) is 2.13. The van der Waals surface area contributed by atoms with Gasteiger partial charge in [-0.2, -0.15) is 0 Å². The molecule has 7 heteroatoms. The van der Waals surface area contributed by atoms with Gasteiger partial charge < -0.3 is 20.4 Å². The topological polar surface area (TPSA) is 64.7 Å². The number of nitrogens with one attached hydrogen (secondary N) is 2. The van der Waals surface area contributed by atoms with Crippen LogP contribution in [0.1, 0.15) is 24.8 Å². The number of hydrogen-bond acceptors (Lipinski definition) is 3. The highest BCUT2D eigenvalue weighted by molar-refractivity contribution is 5.89. The van der Waals surface area contributed by atoms with Gasteiger partial charge in [0.15, 0.2) is 0 Å². The second-order valence-electron chi connectivity index (χ2n) is 6.72. The van der Waals surface area contributed by atoms with E-state index in [0.29, 0.717) is 30.8 Å². The van der Waals surface area contributed by atoms with E-state index >= 15 is 0 Å². The Labute approximate surface area is 148 Å². The molecular formula is C18H27FN4O2. The molecule has 6 nitrogen and oxygen atoms in total. The third-order valence-electron chi connectivity index (χ3n) is 4.43. The number of urea groups is 1. The van der Waals surface area contributed by atoms with Crippen molar-refractivity contribution in [3.8, 4) is 0 Å². The summed E-state index contributed by atoms with van der Waals surface area (Å²) in [6.45, 7) is 3.68. The van der Waals surface area contributed by atoms with Crippen LogP contribution in [-0.4, -0.2) is 61.5 Å². The summed E-state index contributed by atoms with van der Waals surface area (Å²) in [7, 11) is 3.96. The first-order valence-electron chi connectivity index (χ1n) is 8.62. The number of nitrogens with zero attached hydrogens (tertiary/aromatic N) is 2. The van der Waals surface area contributed by atoms with Gasteiger partial charge in [-0.1, -0.05) is 6.07 Å². The number of aryl methyl sites for hydroxylation is 1. The van der Waals surface area contributed by atoms with Crippen LogP contribution in [0.3, 0.4) is 0 Å². The van der Waals surface area contributed by atoms with E-state index in [1.165, 1.54) is 6.07 Å². The maximum Gasteiger partial charge on any atom is 0.319 e. The summed E-state index contributed by atoms with van der Waals surface area (Å²) in [5.74, 6) is -0.162. The maximum absolute atomic E-state index is 13.5. The quantitative estimate of drug-likeness (QED) is 0.792. The van der Waals surface area contributed by atoms with Crippen molar-refractivity contribution in [3.63, 3.8) is 0 Å². The maximum atomic E-state index is 13.5. The fourth-order valence-electron chi connectivity index (χ4n) is 2.91. The molecule has 2 rings (SSSR count). The van der Waals surface area contributed by atoms with E-state index in [1.54, 1.807) is 19.1 Å². The standard InChI is InChI=1S/C18H27FN4O2/c1-13-4-5-14(12-16(13)19)21-18(25)20-9-8-15-6-7-17(24)23(15)11-10-22(2)3/h4-5,12,15H,6-11H2,1-3H3,(H2,20,21,25). The van der Waals surface area contributed by atoms with E-state index in [2.05, 4.69) is 15.5 Å². The van der Waals surface area contributed by atoms with Crippen LogP contribution in [0.15, 0.2) is 18.2 Å². The van der Waals surface area contributed by atoms with E-state index in [0.717, 1.165) is 19.4 Å². The molecule has 1 fully saturated rings. The molecule has 0 aliphatic carbocycles. The van der Waals surface area contributed by atoms with Crippen molar-refractivity contribution in [2.45, 2.75) is 32.2 Å². The summed E-state index contributed by atoms with van der Waals surface area (Å²) in [4.78, 5) is 27.8. The molecule has 1 saturated heterocycles. The lowest BCUT2D eigenvalue weighted by Gasteiger charge is -2.26. The van der Waals surface area contributed by atoms with Crippen LogP contribution >= 0.6 is 0 Å². The minimum absolute atomic E-state index is 0.171. The third kappa shape index (κ3) is 5.70. The van der Waals surface area contributed by atoms with Crippen LogP contribution in [-0.2, 0) is 4.79 Å². The lowest BCUT2D eigenvalue weighted by atomic mass is 10.1. The van der Waals surface area contributed by atoms with Gasteiger partial charge >= 0.3 is 6.03 Å². The van der Waals surface area contributed by atoms with Crippen LogP contribution in [0.2, 0.25) is 0 Å². The average Bonchev–Trinajstić information content (AvgIpc) is 2.89. The van der Waals surface area contributed by atoms with E-state index in [-0.39, 0.29) is 23.8 Å². The Hall–Kier alpha value is -2.15. The molecule has 1 aliphatic heterocycles. The fourth-order valence-corrected chi connectivity index (χ4v) is 2.91. The highest BCUT2D eigenvalue weighted by atomic mass is 19.1. The van der Waals surface area contributed by atoms with Crippen molar-refractivity contribution >= 4 is 17.6 Å². The fraction of sp³-hybridized carbons (Fsp3) is 0.556. The summed E-state index contributed by atoms with van der Waals surface area (Å²) >= 11 is 0. The molecule has 1 atom stereocenters. The lowest BCUT2D eigenvalue weighted by molar-refractivity contribution is -0.129. The molecule has 2 N–H and O–H groups in total. The average molecular weight is 350 g/mol. The molecule has 0 bridgehead atoms. The molecule has 0 saturated carbocycles. The molecule has 25 heavy (non-hydrogen) atoms. The number of anilines is 1. The van der Waals surface area contributed by atoms with Crippen molar-refractivity contribution in [3.05, 3.63) is 29.6 Å². The summed E-state index contributed by atoms with van der Waals surface area (Å²) in [5, 5.41) is 5.39. The highest BCUT2D eigenvalue weighted by Gasteiger charge is 2.30. The first kappa shape index (κ1) is 19.2. The molecule has 1 aromatic rings. The number of hydrogen-bond donors (Lipinski definition) is 2. The molecule has 1 unspecified atom stereocenters. The molecule has 1 aromatic carbocycles. The minimum atomic E-state index is -0.368. The van der Waals surface area contributed by atoms with Gasteiger partial charge in [0.25, 0.3) is 0 Å². The number of rotatable bonds is 7. The second-order valence-corrected chi connectivity index (χ2v) is 6.72. The molecule has 1 heterocycles. The van der Waals surface area contributed by atoms with Gasteiger partial charge in [0.05, 0.1) is 0 Å². The van der Waals surface area contributed by atoms with Gasteiger partial charge in [-0.05, 0) is 51.6 Å². The smallest absolute Gasteiger partial charge is 0.319 e. The molecule has 3 amide bonds. The van der Waals surface area contributed by atoms with Crippen molar-refractivity contribution in [2.24, 2.45) is 0 Å². The highest BCUT2D eigenvalue weighted by Crippen LogP contribution is 2.20. The van der Waals surface area contributed by atoms with Gasteiger partial charge in [0.1, 0.15) is 5.82 Å². The molecule has 0 radical (unpaired) electrons. The summed E-state index contributed by atoms with van der Waals surface area (Å²) < 4.78 is 13.5. The Balaban J connectivity index is 1.76. The largest absolute Gasteiger partial charge is 0.338 e. The van der Waals surface area contributed by atoms with E-state index in [1.807, 2.05) is 19.0 Å². The Morgan fingerprint density at radius 3 is 2.84 bits per heavy atom. The normalized spacial score (nSPS) is 17.2. The van der Waals surface area contributed by atoms with Crippen molar-refractivity contribution in [1.29, 1.82) is 0 Å². The zero-order valence-electron chi connectivity index (χ0n) is 15.1. The minimum Gasteiger partial charge on any atom is -0.338 e. The zero-order chi connectivity index (χ0) is 18.4. The first-order valence-corrected chi connectivity index (χ1v) is 8.62. The monoisotopic (exact) mass is 350 g/mol. The number of carbonyl (C=O) groups excluding carboxylic acids is 2. The number of benzene rings is 1. The molecule has 0 spiro atoms. The molecular weight excluding hydrogens is 323 g/mol. The van der Waals surface area contributed by atoms with Gasteiger partial charge in [-0.15, -0.1) is 0 Å². The predicted molar refractivity (Wildman–Crippen MR) is 96.1 cm³/mol. The Morgan fingerprint density at radius 2 is 2.16 bits per heavy atom. The Bertz CT molecular complexity index is 621.